The second kappa shape index (κ2) is 3.56. The van der Waals surface area contributed by atoms with Gasteiger partial charge in [-0.3, -0.25) is 9.96 Å². The van der Waals surface area contributed by atoms with Gasteiger partial charge in [0, 0.05) is 6.20 Å². The number of aromatic hydroxyl groups is 1. The minimum Gasteiger partial charge on any atom is -0.504 e. The van der Waals surface area contributed by atoms with Crippen molar-refractivity contribution in [2.24, 2.45) is 0 Å². The largest absolute Gasteiger partial charge is 0.504 e. The average molecular weight is 208 g/mol. The van der Waals surface area contributed by atoms with E-state index >= 15 is 0 Å². The van der Waals surface area contributed by atoms with Gasteiger partial charge in [0.25, 0.3) is 0 Å². The van der Waals surface area contributed by atoms with Crippen molar-refractivity contribution in [3.63, 3.8) is 0 Å². The van der Waals surface area contributed by atoms with Gasteiger partial charge >= 0.3 is 10.3 Å². The van der Waals surface area contributed by atoms with E-state index in [1.807, 2.05) is 0 Å². The predicted molar refractivity (Wildman–Crippen MR) is 42.5 cm³/mol. The fraction of sp³-hybridized carbons (Fsp3) is 0. The molecule has 1 aromatic rings. The third kappa shape index (κ3) is 2.28. The molecular formula is C5H8N2O5S. The number of nitrogens with zero attached hydrogens (tertiary/aromatic N) is 1. The summed E-state index contributed by atoms with van der Waals surface area (Å²) in [5, 5.41) is 15.9. The molecule has 5 N–H and O–H groups in total. The van der Waals surface area contributed by atoms with Crippen LogP contribution in [0.15, 0.2) is 18.3 Å². The second-order valence-electron chi connectivity index (χ2n) is 2.02. The van der Waals surface area contributed by atoms with E-state index in [9.17, 15) is 8.42 Å². The Labute approximate surface area is 73.6 Å². The van der Waals surface area contributed by atoms with Gasteiger partial charge in [-0.15, -0.1) is 0 Å². The maximum absolute atomic E-state index is 10.5. The van der Waals surface area contributed by atoms with Crippen molar-refractivity contribution in [1.29, 1.82) is 5.41 Å². The standard InChI is InChI=1S/C5H6N2O4S.H2O/c6-5-4(8)2-1-3-7(5)12(9,10)11;/h1-3,6,8H,(H,9,10,11);1H2. The Hall–Kier alpha value is -1.38. The Morgan fingerprint density at radius 1 is 1.46 bits per heavy atom. The Morgan fingerprint density at radius 2 is 2.00 bits per heavy atom. The van der Waals surface area contributed by atoms with Crippen LogP contribution in [-0.4, -0.2) is 27.5 Å². The highest BCUT2D eigenvalue weighted by Crippen LogP contribution is 1.98. The fourth-order valence-corrected chi connectivity index (χ4v) is 1.22. The normalized spacial score (nSPS) is 10.5. The van der Waals surface area contributed by atoms with Gasteiger partial charge in [0.05, 0.1) is 0 Å². The van der Waals surface area contributed by atoms with Gasteiger partial charge in [-0.25, -0.2) is 3.97 Å². The summed E-state index contributed by atoms with van der Waals surface area (Å²) in [5.41, 5.74) is -0.681. The van der Waals surface area contributed by atoms with E-state index in [4.69, 9.17) is 15.1 Å². The summed E-state index contributed by atoms with van der Waals surface area (Å²) in [4.78, 5) is 0. The van der Waals surface area contributed by atoms with Crippen LogP contribution in [0, 0.1) is 5.41 Å². The molecule has 0 unspecified atom stereocenters. The molecule has 13 heavy (non-hydrogen) atoms. The van der Waals surface area contributed by atoms with Crippen LogP contribution in [0.25, 0.3) is 0 Å². The van der Waals surface area contributed by atoms with Crippen LogP contribution < -0.4 is 5.49 Å². The van der Waals surface area contributed by atoms with E-state index < -0.39 is 21.5 Å². The lowest BCUT2D eigenvalue weighted by atomic mass is 10.5. The highest BCUT2D eigenvalue weighted by atomic mass is 32.2. The molecule has 0 aliphatic rings. The van der Waals surface area contributed by atoms with Gasteiger partial charge in [-0.05, 0) is 12.1 Å². The Kier molecular flexibility index (Phi) is 3.18. The maximum Gasteiger partial charge on any atom is 0.365 e. The molecule has 8 heteroatoms. The fourth-order valence-electron chi connectivity index (χ4n) is 0.671. The van der Waals surface area contributed by atoms with Crippen LogP contribution >= 0.6 is 0 Å². The van der Waals surface area contributed by atoms with E-state index in [-0.39, 0.29) is 9.45 Å². The third-order valence-electron chi connectivity index (χ3n) is 1.19. The van der Waals surface area contributed by atoms with Crippen molar-refractivity contribution in [1.82, 2.24) is 3.97 Å². The number of hydrogen-bond donors (Lipinski definition) is 3. The SMILES string of the molecule is N=c1c(O)cccn1S(=O)(=O)O.O. The van der Waals surface area contributed by atoms with E-state index in [0.717, 1.165) is 12.3 Å². The summed E-state index contributed by atoms with van der Waals surface area (Å²) in [6.45, 7) is 0. The van der Waals surface area contributed by atoms with Gasteiger partial charge in [0.2, 0.25) is 0 Å². The van der Waals surface area contributed by atoms with E-state index in [1.165, 1.54) is 6.07 Å². The summed E-state index contributed by atoms with van der Waals surface area (Å²) in [7, 11) is -4.49. The van der Waals surface area contributed by atoms with Crippen LogP contribution in [0.5, 0.6) is 5.75 Å². The molecule has 0 fully saturated rings. The molecule has 0 atom stereocenters. The molecule has 0 bridgehead atoms. The second-order valence-corrected chi connectivity index (χ2v) is 3.30. The minimum absolute atomic E-state index is 0. The molecule has 0 saturated carbocycles. The first kappa shape index (κ1) is 11.6. The zero-order chi connectivity index (χ0) is 9.35. The molecular weight excluding hydrogens is 200 g/mol. The lowest BCUT2D eigenvalue weighted by Crippen LogP contribution is -2.25. The zero-order valence-electron chi connectivity index (χ0n) is 6.30. The van der Waals surface area contributed by atoms with E-state index in [0.29, 0.717) is 0 Å². The minimum atomic E-state index is -4.49. The molecule has 0 aliphatic heterocycles. The van der Waals surface area contributed by atoms with Gasteiger partial charge in [-0.2, -0.15) is 8.42 Å². The van der Waals surface area contributed by atoms with Gasteiger partial charge in [0.15, 0.2) is 11.2 Å². The topological polar surface area (TPSA) is 135 Å². The van der Waals surface area contributed by atoms with Crippen molar-refractivity contribution < 1.29 is 23.6 Å². The lowest BCUT2D eigenvalue weighted by molar-refractivity contribution is 0.446. The summed E-state index contributed by atoms with van der Waals surface area (Å²) in [6.07, 6.45) is 0.956. The predicted octanol–water partition coefficient (Wildman–Crippen LogP) is -1.50. The van der Waals surface area contributed by atoms with Crippen molar-refractivity contribution in [2.45, 2.75) is 0 Å². The van der Waals surface area contributed by atoms with E-state index in [2.05, 4.69) is 0 Å². The first-order valence-corrected chi connectivity index (χ1v) is 4.26. The van der Waals surface area contributed by atoms with Crippen LogP contribution in [0.4, 0.5) is 0 Å². The van der Waals surface area contributed by atoms with Crippen molar-refractivity contribution in [3.05, 3.63) is 23.8 Å². The smallest absolute Gasteiger partial charge is 0.365 e. The molecule has 0 aliphatic carbocycles. The highest BCUT2D eigenvalue weighted by Gasteiger charge is 2.08. The first-order valence-electron chi connectivity index (χ1n) is 2.86. The monoisotopic (exact) mass is 208 g/mol. The number of hydrogen-bond acceptors (Lipinski definition) is 4. The molecule has 0 saturated heterocycles. The quantitative estimate of drug-likeness (QED) is 0.484. The lowest BCUT2D eigenvalue weighted by Gasteiger charge is -2.01. The molecule has 1 aromatic heterocycles. The van der Waals surface area contributed by atoms with Crippen molar-refractivity contribution in [2.75, 3.05) is 0 Å². The summed E-state index contributed by atoms with van der Waals surface area (Å²) in [6, 6.07) is 2.34. The summed E-state index contributed by atoms with van der Waals surface area (Å²) >= 11 is 0. The Balaban J connectivity index is 0.00000144. The van der Waals surface area contributed by atoms with Crippen LogP contribution in [0.1, 0.15) is 0 Å². The van der Waals surface area contributed by atoms with E-state index in [1.54, 1.807) is 0 Å². The van der Waals surface area contributed by atoms with Crippen molar-refractivity contribution in [3.8, 4) is 5.75 Å². The Morgan fingerprint density at radius 3 is 2.38 bits per heavy atom. The molecule has 0 aromatic carbocycles. The van der Waals surface area contributed by atoms with Crippen LogP contribution in [0.3, 0.4) is 0 Å². The molecule has 0 spiro atoms. The molecule has 7 nitrogen and oxygen atoms in total. The van der Waals surface area contributed by atoms with Crippen LogP contribution in [-0.2, 0) is 10.3 Å². The zero-order valence-corrected chi connectivity index (χ0v) is 7.11. The molecule has 0 amide bonds. The van der Waals surface area contributed by atoms with Gasteiger partial charge in [-0.1, -0.05) is 0 Å². The Bertz CT molecular complexity index is 448. The van der Waals surface area contributed by atoms with Crippen molar-refractivity contribution >= 4 is 10.3 Å². The van der Waals surface area contributed by atoms with Crippen LogP contribution in [0.2, 0.25) is 0 Å². The first-order chi connectivity index (χ1) is 5.43. The number of nitrogens with one attached hydrogen (secondary N) is 1. The number of pyridine rings is 1. The van der Waals surface area contributed by atoms with Gasteiger partial charge < -0.3 is 10.6 Å². The highest BCUT2D eigenvalue weighted by molar-refractivity contribution is 7.84. The molecule has 0 radical (unpaired) electrons. The molecule has 1 heterocycles. The summed E-state index contributed by atoms with van der Waals surface area (Å²) < 4.78 is 29.7. The van der Waals surface area contributed by atoms with Gasteiger partial charge in [0.1, 0.15) is 0 Å². The average Bonchev–Trinajstić information content (AvgIpc) is 1.92. The summed E-state index contributed by atoms with van der Waals surface area (Å²) in [5.74, 6) is -0.518. The number of aromatic nitrogens is 1. The molecule has 74 valence electrons. The number of rotatable bonds is 1. The molecule has 1 rings (SSSR count). The maximum atomic E-state index is 10.5. The third-order valence-corrected chi connectivity index (χ3v) is 1.99.